The zero-order valence-corrected chi connectivity index (χ0v) is 6.23. The van der Waals surface area contributed by atoms with E-state index in [0.717, 1.165) is 0 Å². The summed E-state index contributed by atoms with van der Waals surface area (Å²) in [6.07, 6.45) is 6.93. The molecule has 4 nitrogen and oxygen atoms in total. The Balaban J connectivity index is 2.15. The van der Waals surface area contributed by atoms with Gasteiger partial charge in [-0.25, -0.2) is 4.89 Å². The Morgan fingerprint density at radius 3 is 2.25 bits per heavy atom. The van der Waals surface area contributed by atoms with Gasteiger partial charge in [-0.3, -0.25) is 0 Å². The average Bonchev–Trinajstić information content (AvgIpc) is 2.57. The normalized spacial score (nSPS) is 22.8. The molecule has 0 atom stereocenters. The second-order valence-electron chi connectivity index (χ2n) is 2.55. The maximum absolute atomic E-state index is 9.76. The molecular weight excluding hydrogens is 160 g/mol. The van der Waals surface area contributed by atoms with E-state index in [0.29, 0.717) is 11.1 Å². The van der Waals surface area contributed by atoms with Crippen molar-refractivity contribution in [1.82, 2.24) is 0 Å². The monoisotopic (exact) mass is 168 g/mol. The van der Waals surface area contributed by atoms with Gasteiger partial charge in [0.2, 0.25) is 0 Å². The minimum Gasteiger partial charge on any atom is -0.368 e. The first-order valence-electron chi connectivity index (χ1n) is 3.52. The third-order valence-corrected chi connectivity index (χ3v) is 1.90. The molecule has 0 amide bonds. The van der Waals surface area contributed by atoms with Gasteiger partial charge in [-0.2, -0.15) is 4.89 Å². The minimum absolute atomic E-state index is 0.580. The summed E-state index contributed by atoms with van der Waals surface area (Å²) < 4.78 is 0. The highest BCUT2D eigenvalue weighted by Crippen LogP contribution is 2.39. The van der Waals surface area contributed by atoms with Crippen LogP contribution in [0.25, 0.3) is 0 Å². The highest BCUT2D eigenvalue weighted by molar-refractivity contribution is 5.57. The van der Waals surface area contributed by atoms with Crippen molar-refractivity contribution in [2.24, 2.45) is 0 Å². The van der Waals surface area contributed by atoms with Gasteiger partial charge in [0.1, 0.15) is 0 Å². The van der Waals surface area contributed by atoms with Gasteiger partial charge in [0, 0.05) is 11.1 Å². The molecule has 0 aromatic rings. The molecule has 0 saturated heterocycles. The summed E-state index contributed by atoms with van der Waals surface area (Å²) in [6.45, 7) is -0.580. The third kappa shape index (κ3) is 0.867. The van der Waals surface area contributed by atoms with E-state index in [2.05, 4.69) is 9.78 Å². The lowest BCUT2D eigenvalue weighted by Gasteiger charge is -2.20. The van der Waals surface area contributed by atoms with E-state index >= 15 is 0 Å². The highest BCUT2D eigenvalue weighted by Gasteiger charge is 2.42. The van der Waals surface area contributed by atoms with Gasteiger partial charge in [0.05, 0.1) is 0 Å². The van der Waals surface area contributed by atoms with E-state index in [1.54, 1.807) is 24.3 Å². The Kier molecular flexibility index (Phi) is 1.62. The van der Waals surface area contributed by atoms with Gasteiger partial charge in [0.25, 0.3) is 5.79 Å². The second kappa shape index (κ2) is 2.53. The molecule has 0 heterocycles. The number of aliphatic hydroxyl groups excluding tert-OH is 1. The second-order valence-corrected chi connectivity index (χ2v) is 2.55. The molecule has 0 radical (unpaired) electrons. The van der Waals surface area contributed by atoms with Crippen molar-refractivity contribution in [1.29, 1.82) is 0 Å². The van der Waals surface area contributed by atoms with Crippen molar-refractivity contribution in [3.8, 4) is 0 Å². The van der Waals surface area contributed by atoms with Gasteiger partial charge in [-0.1, -0.05) is 24.3 Å². The molecule has 4 heteroatoms. The number of aliphatic hydroxyl groups is 2. The Morgan fingerprint density at radius 2 is 1.83 bits per heavy atom. The summed E-state index contributed by atoms with van der Waals surface area (Å²) in [7, 11) is 0. The van der Waals surface area contributed by atoms with Crippen molar-refractivity contribution in [3.05, 3.63) is 35.5 Å². The fraction of sp³-hybridized carbons (Fsp3) is 0.250. The number of allylic oxidation sites excluding steroid dienone is 2. The van der Waals surface area contributed by atoms with Crippen LogP contribution in [0.1, 0.15) is 0 Å². The minimum atomic E-state index is -1.50. The van der Waals surface area contributed by atoms with E-state index < -0.39 is 12.6 Å². The van der Waals surface area contributed by atoms with Crippen molar-refractivity contribution in [3.63, 3.8) is 0 Å². The summed E-state index contributed by atoms with van der Waals surface area (Å²) in [5.74, 6) is -1.50. The molecule has 0 aliphatic heterocycles. The molecule has 12 heavy (non-hydrogen) atoms. The van der Waals surface area contributed by atoms with Crippen molar-refractivity contribution >= 4 is 0 Å². The first-order chi connectivity index (χ1) is 5.77. The molecule has 0 aromatic heterocycles. The molecule has 0 aromatic carbocycles. The van der Waals surface area contributed by atoms with Crippen molar-refractivity contribution in [2.45, 2.75) is 5.79 Å². The molecule has 0 fully saturated rings. The smallest absolute Gasteiger partial charge is 0.251 e. The topological polar surface area (TPSA) is 58.9 Å². The van der Waals surface area contributed by atoms with Crippen LogP contribution in [0, 0.1) is 0 Å². The van der Waals surface area contributed by atoms with Crippen molar-refractivity contribution < 1.29 is 20.0 Å². The number of hydrogen-bond donors (Lipinski definition) is 2. The van der Waals surface area contributed by atoms with Crippen molar-refractivity contribution in [2.75, 3.05) is 6.79 Å². The summed E-state index contributed by atoms with van der Waals surface area (Å²) in [5, 5.41) is 18.1. The van der Waals surface area contributed by atoms with E-state index in [9.17, 15) is 5.11 Å². The lowest BCUT2D eigenvalue weighted by molar-refractivity contribution is -0.410. The zero-order chi connectivity index (χ0) is 8.60. The predicted octanol–water partition coefficient (Wildman–Crippen LogP) is 0.00920. The molecule has 2 rings (SSSR count). The van der Waals surface area contributed by atoms with Gasteiger partial charge in [-0.15, -0.1) is 0 Å². The molecule has 0 saturated carbocycles. The van der Waals surface area contributed by atoms with Gasteiger partial charge in [0.15, 0.2) is 6.79 Å². The van der Waals surface area contributed by atoms with E-state index in [4.69, 9.17) is 5.11 Å². The molecule has 2 bridgehead atoms. The lowest BCUT2D eigenvalue weighted by atomic mass is 10.1. The molecule has 0 unspecified atom stereocenters. The Bertz CT molecular complexity index is 265. The van der Waals surface area contributed by atoms with Crippen LogP contribution in [0.3, 0.4) is 0 Å². The fourth-order valence-corrected chi connectivity index (χ4v) is 1.30. The third-order valence-electron chi connectivity index (χ3n) is 1.90. The van der Waals surface area contributed by atoms with Crippen LogP contribution in [0.2, 0.25) is 0 Å². The number of hydrogen-bond acceptors (Lipinski definition) is 4. The van der Waals surface area contributed by atoms with Gasteiger partial charge >= 0.3 is 0 Å². The first-order valence-corrected chi connectivity index (χ1v) is 3.52. The van der Waals surface area contributed by atoms with Crippen LogP contribution in [0.15, 0.2) is 35.5 Å². The highest BCUT2D eigenvalue weighted by atomic mass is 17.2. The maximum Gasteiger partial charge on any atom is 0.251 e. The van der Waals surface area contributed by atoms with Crippen LogP contribution in [-0.4, -0.2) is 22.8 Å². The molecule has 0 spiro atoms. The lowest BCUT2D eigenvalue weighted by Crippen LogP contribution is -2.31. The van der Waals surface area contributed by atoms with Crippen LogP contribution in [-0.2, 0) is 9.78 Å². The number of rotatable bonds is 3. The number of fused-ring (bicyclic) bond motifs is 2. The molecule has 2 aliphatic carbocycles. The summed E-state index contributed by atoms with van der Waals surface area (Å²) >= 11 is 0. The molecule has 2 aliphatic rings. The molecule has 2 N–H and O–H groups in total. The summed E-state index contributed by atoms with van der Waals surface area (Å²) in [4.78, 5) is 8.92. The van der Waals surface area contributed by atoms with E-state index in [1.165, 1.54) is 0 Å². The van der Waals surface area contributed by atoms with Crippen LogP contribution >= 0.6 is 0 Å². The predicted molar refractivity (Wildman–Crippen MR) is 39.5 cm³/mol. The summed E-state index contributed by atoms with van der Waals surface area (Å²) in [6, 6.07) is 0. The van der Waals surface area contributed by atoms with Gasteiger partial charge < -0.3 is 10.2 Å². The Morgan fingerprint density at radius 1 is 1.25 bits per heavy atom. The van der Waals surface area contributed by atoms with Crippen LogP contribution in [0.5, 0.6) is 0 Å². The largest absolute Gasteiger partial charge is 0.368 e. The average molecular weight is 168 g/mol. The van der Waals surface area contributed by atoms with Crippen LogP contribution in [0.4, 0.5) is 0 Å². The molecule has 64 valence electrons. The SMILES string of the molecule is OCOOC1(O)C2=CC=C1C=C2. The quantitative estimate of drug-likeness (QED) is 0.354. The fourth-order valence-electron chi connectivity index (χ4n) is 1.30. The Labute approximate surface area is 69.0 Å². The maximum atomic E-state index is 9.76. The van der Waals surface area contributed by atoms with E-state index in [-0.39, 0.29) is 0 Å². The standard InChI is InChI=1S/C8H8O4/c9-5-11-12-8(10)6-1-2-7(8)4-3-6/h1-4,9-10H,5H2. The zero-order valence-electron chi connectivity index (χ0n) is 6.23. The first kappa shape index (κ1) is 7.70. The molecular formula is C8H8O4. The van der Waals surface area contributed by atoms with Crippen LogP contribution < -0.4 is 0 Å². The Hall–Kier alpha value is -0.940. The van der Waals surface area contributed by atoms with Gasteiger partial charge in [-0.05, 0) is 0 Å². The summed E-state index contributed by atoms with van der Waals surface area (Å²) in [5.41, 5.74) is 1.23. The van der Waals surface area contributed by atoms with E-state index in [1.807, 2.05) is 0 Å².